The van der Waals surface area contributed by atoms with E-state index in [1.54, 1.807) is 11.3 Å². The average molecular weight is 255 g/mol. The van der Waals surface area contributed by atoms with Gasteiger partial charge in [0.05, 0.1) is 0 Å². The second-order valence-electron chi connectivity index (χ2n) is 5.09. The lowest BCUT2D eigenvalue weighted by Crippen LogP contribution is -2.57. The number of anilines is 1. The van der Waals surface area contributed by atoms with Crippen LogP contribution in [0.2, 0.25) is 0 Å². The molecule has 0 radical (unpaired) electrons. The van der Waals surface area contributed by atoms with E-state index in [1.165, 1.54) is 0 Å². The molecule has 1 aliphatic rings. The van der Waals surface area contributed by atoms with E-state index in [2.05, 4.69) is 33.8 Å². The number of nitrogens with two attached hydrogens (primary N) is 1. The van der Waals surface area contributed by atoms with Crippen molar-refractivity contribution in [2.45, 2.75) is 26.3 Å². The highest BCUT2D eigenvalue weighted by Crippen LogP contribution is 2.23. The fourth-order valence-electron chi connectivity index (χ4n) is 2.05. The van der Waals surface area contributed by atoms with Crippen molar-refractivity contribution in [3.63, 3.8) is 0 Å². The van der Waals surface area contributed by atoms with Crippen LogP contribution in [-0.4, -0.2) is 53.4 Å². The molecule has 96 valence electrons. The summed E-state index contributed by atoms with van der Waals surface area (Å²) in [5.41, 5.74) is 5.91. The van der Waals surface area contributed by atoms with E-state index in [0.717, 1.165) is 36.3 Å². The molecule has 6 heteroatoms. The maximum absolute atomic E-state index is 5.81. The highest BCUT2D eigenvalue weighted by Gasteiger charge is 2.29. The van der Waals surface area contributed by atoms with E-state index in [1.807, 2.05) is 6.92 Å². The number of hydrogen-bond donors (Lipinski definition) is 1. The Morgan fingerprint density at radius 3 is 2.35 bits per heavy atom. The molecule has 2 heterocycles. The first-order valence-corrected chi connectivity index (χ1v) is 6.85. The molecule has 0 saturated carbocycles. The van der Waals surface area contributed by atoms with Gasteiger partial charge in [0.1, 0.15) is 5.01 Å². The molecule has 0 spiro atoms. The summed E-state index contributed by atoms with van der Waals surface area (Å²) in [6.07, 6.45) is 0. The second-order valence-corrected chi connectivity index (χ2v) is 6.25. The molecule has 0 aliphatic carbocycles. The predicted octanol–water partition coefficient (Wildman–Crippen LogP) is 0.706. The SMILES string of the molecule is Cc1nnc(N2CCN(C(C)(C)CN)CC2)s1. The summed E-state index contributed by atoms with van der Waals surface area (Å²) >= 11 is 1.67. The molecule has 0 aromatic carbocycles. The Kier molecular flexibility index (Phi) is 3.65. The molecule has 1 saturated heterocycles. The van der Waals surface area contributed by atoms with E-state index >= 15 is 0 Å². The standard InChI is InChI=1S/C11H21N5S/c1-9-13-14-10(17-9)15-4-6-16(7-5-15)11(2,3)8-12/h4-8,12H2,1-3H3. The van der Waals surface area contributed by atoms with Crippen molar-refractivity contribution in [1.29, 1.82) is 0 Å². The van der Waals surface area contributed by atoms with Gasteiger partial charge in [0.2, 0.25) is 5.13 Å². The molecule has 2 rings (SSSR count). The quantitative estimate of drug-likeness (QED) is 0.862. The van der Waals surface area contributed by atoms with E-state index < -0.39 is 0 Å². The first kappa shape index (κ1) is 12.7. The monoisotopic (exact) mass is 255 g/mol. The van der Waals surface area contributed by atoms with Crippen LogP contribution in [0.4, 0.5) is 5.13 Å². The minimum absolute atomic E-state index is 0.100. The zero-order chi connectivity index (χ0) is 12.5. The van der Waals surface area contributed by atoms with Gasteiger partial charge in [-0.15, -0.1) is 10.2 Å². The highest BCUT2D eigenvalue weighted by atomic mass is 32.1. The highest BCUT2D eigenvalue weighted by molar-refractivity contribution is 7.15. The van der Waals surface area contributed by atoms with E-state index in [4.69, 9.17) is 5.73 Å². The van der Waals surface area contributed by atoms with Crippen molar-refractivity contribution in [3.05, 3.63) is 5.01 Å². The van der Waals surface area contributed by atoms with Crippen LogP contribution >= 0.6 is 11.3 Å². The minimum atomic E-state index is 0.100. The van der Waals surface area contributed by atoms with Crippen molar-refractivity contribution >= 4 is 16.5 Å². The average Bonchev–Trinajstić information content (AvgIpc) is 2.76. The Balaban J connectivity index is 1.94. The Hall–Kier alpha value is -0.720. The van der Waals surface area contributed by atoms with Gasteiger partial charge in [-0.1, -0.05) is 11.3 Å². The molecular weight excluding hydrogens is 234 g/mol. The fraction of sp³-hybridized carbons (Fsp3) is 0.818. The Labute approximate surface area is 107 Å². The number of aryl methyl sites for hydroxylation is 1. The lowest BCUT2D eigenvalue weighted by molar-refractivity contribution is 0.119. The molecule has 2 N–H and O–H groups in total. The number of piperazine rings is 1. The van der Waals surface area contributed by atoms with E-state index in [9.17, 15) is 0 Å². The van der Waals surface area contributed by atoms with Gasteiger partial charge in [0.25, 0.3) is 0 Å². The van der Waals surface area contributed by atoms with Gasteiger partial charge in [-0.2, -0.15) is 0 Å². The largest absolute Gasteiger partial charge is 0.344 e. The lowest BCUT2D eigenvalue weighted by atomic mass is 10.0. The molecule has 0 amide bonds. The third-order valence-corrected chi connectivity index (χ3v) is 4.32. The molecule has 5 nitrogen and oxygen atoms in total. The zero-order valence-corrected chi connectivity index (χ0v) is 11.6. The smallest absolute Gasteiger partial charge is 0.208 e. The normalized spacial score (nSPS) is 18.7. The minimum Gasteiger partial charge on any atom is -0.344 e. The number of aromatic nitrogens is 2. The van der Waals surface area contributed by atoms with Crippen LogP contribution in [0, 0.1) is 6.92 Å². The number of hydrogen-bond acceptors (Lipinski definition) is 6. The summed E-state index contributed by atoms with van der Waals surface area (Å²) in [7, 11) is 0. The van der Waals surface area contributed by atoms with Crippen LogP contribution in [0.25, 0.3) is 0 Å². The van der Waals surface area contributed by atoms with Crippen molar-refractivity contribution in [3.8, 4) is 0 Å². The number of rotatable bonds is 3. The van der Waals surface area contributed by atoms with Crippen LogP contribution in [-0.2, 0) is 0 Å². The second kappa shape index (κ2) is 4.88. The van der Waals surface area contributed by atoms with E-state index in [0.29, 0.717) is 6.54 Å². The van der Waals surface area contributed by atoms with Gasteiger partial charge >= 0.3 is 0 Å². The van der Waals surface area contributed by atoms with Crippen molar-refractivity contribution in [2.75, 3.05) is 37.6 Å². The van der Waals surface area contributed by atoms with Gasteiger partial charge in [-0.05, 0) is 20.8 Å². The summed E-state index contributed by atoms with van der Waals surface area (Å²) < 4.78 is 0. The topological polar surface area (TPSA) is 58.3 Å². The van der Waals surface area contributed by atoms with Crippen molar-refractivity contribution < 1.29 is 0 Å². The van der Waals surface area contributed by atoms with Crippen LogP contribution < -0.4 is 10.6 Å². The molecular formula is C11H21N5S. The zero-order valence-electron chi connectivity index (χ0n) is 10.8. The fourth-order valence-corrected chi connectivity index (χ4v) is 2.79. The molecule has 0 unspecified atom stereocenters. The third kappa shape index (κ3) is 2.75. The molecule has 1 aromatic rings. The van der Waals surface area contributed by atoms with Crippen LogP contribution in [0.3, 0.4) is 0 Å². The molecule has 17 heavy (non-hydrogen) atoms. The maximum Gasteiger partial charge on any atom is 0.208 e. The molecule has 1 aromatic heterocycles. The first-order chi connectivity index (χ1) is 8.03. The van der Waals surface area contributed by atoms with Gasteiger partial charge in [-0.25, -0.2) is 0 Å². The third-order valence-electron chi connectivity index (χ3n) is 3.42. The number of nitrogens with zero attached hydrogens (tertiary/aromatic N) is 4. The Bertz CT molecular complexity index is 368. The lowest BCUT2D eigenvalue weighted by Gasteiger charge is -2.43. The first-order valence-electron chi connectivity index (χ1n) is 6.03. The van der Waals surface area contributed by atoms with Gasteiger partial charge in [0.15, 0.2) is 0 Å². The van der Waals surface area contributed by atoms with Crippen LogP contribution in [0.15, 0.2) is 0 Å². The summed E-state index contributed by atoms with van der Waals surface area (Å²) in [4.78, 5) is 4.77. The van der Waals surface area contributed by atoms with Crippen LogP contribution in [0.5, 0.6) is 0 Å². The van der Waals surface area contributed by atoms with Gasteiger partial charge < -0.3 is 10.6 Å². The summed E-state index contributed by atoms with van der Waals surface area (Å²) in [5.74, 6) is 0. The molecule has 1 aliphatic heterocycles. The molecule has 0 atom stereocenters. The van der Waals surface area contributed by atoms with Crippen molar-refractivity contribution in [1.82, 2.24) is 15.1 Å². The maximum atomic E-state index is 5.81. The Morgan fingerprint density at radius 2 is 1.88 bits per heavy atom. The van der Waals surface area contributed by atoms with Crippen molar-refractivity contribution in [2.24, 2.45) is 5.73 Å². The van der Waals surface area contributed by atoms with E-state index in [-0.39, 0.29) is 5.54 Å². The van der Waals surface area contributed by atoms with Crippen LogP contribution in [0.1, 0.15) is 18.9 Å². The molecule has 0 bridgehead atoms. The summed E-state index contributed by atoms with van der Waals surface area (Å²) in [6, 6.07) is 0. The molecule has 1 fully saturated rings. The van der Waals surface area contributed by atoms with Gasteiger partial charge in [-0.3, -0.25) is 4.90 Å². The van der Waals surface area contributed by atoms with Gasteiger partial charge in [0, 0.05) is 38.3 Å². The Morgan fingerprint density at radius 1 is 1.24 bits per heavy atom. The summed E-state index contributed by atoms with van der Waals surface area (Å²) in [6.45, 7) is 11.2. The predicted molar refractivity (Wildman–Crippen MR) is 71.6 cm³/mol. The summed E-state index contributed by atoms with van der Waals surface area (Å²) in [5, 5.41) is 10.3.